The number of para-hydroxylation sites is 1. The van der Waals surface area contributed by atoms with Gasteiger partial charge in [-0.1, -0.05) is 30.3 Å². The summed E-state index contributed by atoms with van der Waals surface area (Å²) in [5.74, 6) is 0.144. The zero-order valence-corrected chi connectivity index (χ0v) is 19.7. The molecule has 33 heavy (non-hydrogen) atoms. The van der Waals surface area contributed by atoms with E-state index in [0.29, 0.717) is 22.0 Å². The average molecular weight is 492 g/mol. The summed E-state index contributed by atoms with van der Waals surface area (Å²) in [7, 11) is 0. The number of nitrogen functional groups attached to an aromatic ring is 1. The number of nitrogens with two attached hydrogens (primary N) is 1. The molecular weight excluding hydrogens is 473 g/mol. The molecule has 5 aromatic rings. The third-order valence-electron chi connectivity index (χ3n) is 5.02. The van der Waals surface area contributed by atoms with Crippen molar-refractivity contribution in [3.63, 3.8) is 0 Å². The Morgan fingerprint density at radius 2 is 1.85 bits per heavy atom. The van der Waals surface area contributed by atoms with Crippen LogP contribution >= 0.6 is 34.4 Å². The summed E-state index contributed by atoms with van der Waals surface area (Å²) < 4.78 is 13.2. The van der Waals surface area contributed by atoms with Gasteiger partial charge in [-0.05, 0) is 53.4 Å². The quantitative estimate of drug-likeness (QED) is 0.245. The smallest absolute Gasteiger partial charge is 0.267 e. The Balaban J connectivity index is 1.37. The van der Waals surface area contributed by atoms with E-state index in [2.05, 4.69) is 5.32 Å². The monoisotopic (exact) mass is 491 g/mol. The van der Waals surface area contributed by atoms with Crippen LogP contribution in [0.4, 0.5) is 15.8 Å². The number of halogens is 1. The largest absolute Gasteiger partial charge is 0.397 e. The minimum Gasteiger partial charge on any atom is -0.397 e. The highest BCUT2D eigenvalue weighted by Crippen LogP contribution is 2.36. The first-order chi connectivity index (χ1) is 16.1. The Morgan fingerprint density at radius 1 is 1.03 bits per heavy atom. The summed E-state index contributed by atoms with van der Waals surface area (Å²) in [5.41, 5.74) is 9.34. The number of benzene rings is 2. The maximum Gasteiger partial charge on any atom is 0.267 e. The number of hydrogen-bond donors (Lipinski definition) is 2. The fraction of sp³-hybridized carbons (Fsp3) is 0.0400. The standard InChI is InChI=1S/C25H18FN3OS3/c26-16-9-7-15(8-10-16)14-32-21-5-2-1-4-18(21)28-24(30)23-22(27)17-11-12-19(29-25(17)33-23)20-6-3-13-31-20/h1-13H,14,27H2,(H,28,30). The molecule has 1 amide bonds. The molecule has 0 aliphatic rings. The molecule has 2 aromatic carbocycles. The van der Waals surface area contributed by atoms with Gasteiger partial charge in [0.2, 0.25) is 0 Å². The molecule has 0 fully saturated rings. The van der Waals surface area contributed by atoms with Crippen molar-refractivity contribution >= 4 is 61.9 Å². The highest BCUT2D eigenvalue weighted by molar-refractivity contribution is 7.98. The molecule has 0 saturated carbocycles. The van der Waals surface area contributed by atoms with Gasteiger partial charge in [0.1, 0.15) is 15.5 Å². The summed E-state index contributed by atoms with van der Waals surface area (Å²) in [6.45, 7) is 0. The van der Waals surface area contributed by atoms with E-state index in [1.165, 1.54) is 23.5 Å². The molecule has 5 rings (SSSR count). The van der Waals surface area contributed by atoms with Crippen molar-refractivity contribution in [3.05, 3.63) is 94.4 Å². The third kappa shape index (κ3) is 4.64. The van der Waals surface area contributed by atoms with Crippen molar-refractivity contribution < 1.29 is 9.18 Å². The fourth-order valence-electron chi connectivity index (χ4n) is 3.34. The van der Waals surface area contributed by atoms with Crippen molar-refractivity contribution in [2.45, 2.75) is 10.6 Å². The number of thioether (sulfide) groups is 1. The number of amides is 1. The number of hydrogen-bond acceptors (Lipinski definition) is 6. The molecule has 3 heterocycles. The Bertz CT molecular complexity index is 1430. The van der Waals surface area contributed by atoms with Crippen LogP contribution in [0.5, 0.6) is 0 Å². The van der Waals surface area contributed by atoms with Gasteiger partial charge in [-0.25, -0.2) is 9.37 Å². The number of fused-ring (bicyclic) bond motifs is 1. The van der Waals surface area contributed by atoms with Gasteiger partial charge in [-0.2, -0.15) is 0 Å². The van der Waals surface area contributed by atoms with Crippen LogP contribution in [-0.4, -0.2) is 10.9 Å². The van der Waals surface area contributed by atoms with Crippen molar-refractivity contribution in [1.29, 1.82) is 0 Å². The maximum atomic E-state index is 13.2. The Labute approximate surface area is 202 Å². The molecule has 0 spiro atoms. The first-order valence-corrected chi connectivity index (χ1v) is 12.8. The minimum atomic E-state index is -0.261. The lowest BCUT2D eigenvalue weighted by molar-refractivity contribution is 0.103. The number of rotatable bonds is 6. The summed E-state index contributed by atoms with van der Waals surface area (Å²) >= 11 is 4.49. The molecule has 0 aliphatic carbocycles. The van der Waals surface area contributed by atoms with Gasteiger partial charge in [-0.15, -0.1) is 34.4 Å². The second kappa shape index (κ2) is 9.35. The number of carbonyl (C=O) groups is 1. The van der Waals surface area contributed by atoms with Crippen LogP contribution in [0.25, 0.3) is 20.8 Å². The Morgan fingerprint density at radius 3 is 2.64 bits per heavy atom. The summed E-state index contributed by atoms with van der Waals surface area (Å²) in [4.78, 5) is 21.0. The topological polar surface area (TPSA) is 68.0 Å². The maximum absolute atomic E-state index is 13.2. The fourth-order valence-corrected chi connectivity index (χ4v) is 5.99. The average Bonchev–Trinajstić information content (AvgIpc) is 3.48. The van der Waals surface area contributed by atoms with Crippen molar-refractivity contribution in [2.75, 3.05) is 11.1 Å². The molecule has 0 aliphatic heterocycles. The van der Waals surface area contributed by atoms with Gasteiger partial charge in [0, 0.05) is 16.0 Å². The Hall–Kier alpha value is -3.20. The summed E-state index contributed by atoms with van der Waals surface area (Å²) in [5, 5.41) is 5.79. The van der Waals surface area contributed by atoms with E-state index in [1.807, 2.05) is 53.9 Å². The van der Waals surface area contributed by atoms with Crippen LogP contribution in [0, 0.1) is 5.82 Å². The molecule has 4 nitrogen and oxygen atoms in total. The van der Waals surface area contributed by atoms with E-state index in [4.69, 9.17) is 10.7 Å². The lowest BCUT2D eigenvalue weighted by Gasteiger charge is -2.10. The van der Waals surface area contributed by atoms with E-state index in [9.17, 15) is 9.18 Å². The van der Waals surface area contributed by atoms with Crippen molar-refractivity contribution in [1.82, 2.24) is 4.98 Å². The second-order valence-corrected chi connectivity index (χ2v) is 10.2. The lowest BCUT2D eigenvalue weighted by Crippen LogP contribution is -2.12. The van der Waals surface area contributed by atoms with Crippen LogP contribution in [0.1, 0.15) is 15.2 Å². The van der Waals surface area contributed by atoms with Gasteiger partial charge in [0.25, 0.3) is 5.91 Å². The van der Waals surface area contributed by atoms with Crippen molar-refractivity contribution in [3.8, 4) is 10.6 Å². The minimum absolute atomic E-state index is 0.255. The Kier molecular flexibility index (Phi) is 6.13. The number of anilines is 2. The van der Waals surface area contributed by atoms with E-state index >= 15 is 0 Å². The SMILES string of the molecule is Nc1c(C(=O)Nc2ccccc2SCc2ccc(F)cc2)sc2nc(-c3cccs3)ccc12. The van der Waals surface area contributed by atoms with Gasteiger partial charge >= 0.3 is 0 Å². The molecule has 8 heteroatoms. The van der Waals surface area contributed by atoms with Crippen molar-refractivity contribution in [2.24, 2.45) is 0 Å². The molecule has 0 unspecified atom stereocenters. The van der Waals surface area contributed by atoms with E-state index in [-0.39, 0.29) is 11.7 Å². The number of nitrogens with one attached hydrogen (secondary N) is 1. The number of aromatic nitrogens is 1. The molecule has 0 saturated heterocycles. The molecule has 164 valence electrons. The zero-order chi connectivity index (χ0) is 22.8. The predicted molar refractivity (Wildman–Crippen MR) is 138 cm³/mol. The van der Waals surface area contributed by atoms with Crippen LogP contribution < -0.4 is 11.1 Å². The summed E-state index contributed by atoms with van der Waals surface area (Å²) in [6, 6.07) is 21.9. The normalized spacial score (nSPS) is 11.1. The zero-order valence-electron chi connectivity index (χ0n) is 17.2. The number of pyridine rings is 1. The molecule has 0 radical (unpaired) electrons. The van der Waals surface area contributed by atoms with Gasteiger partial charge in [-0.3, -0.25) is 4.79 Å². The highest BCUT2D eigenvalue weighted by atomic mass is 32.2. The van der Waals surface area contributed by atoms with E-state index in [0.717, 1.165) is 31.2 Å². The van der Waals surface area contributed by atoms with Gasteiger partial charge in [0.15, 0.2) is 0 Å². The van der Waals surface area contributed by atoms with E-state index in [1.54, 1.807) is 35.2 Å². The molecule has 3 N–H and O–H groups in total. The molecule has 0 bridgehead atoms. The first-order valence-electron chi connectivity index (χ1n) is 10.1. The highest BCUT2D eigenvalue weighted by Gasteiger charge is 2.19. The first kappa shape index (κ1) is 21.6. The van der Waals surface area contributed by atoms with Crippen LogP contribution in [0.3, 0.4) is 0 Å². The van der Waals surface area contributed by atoms with E-state index < -0.39 is 0 Å². The lowest BCUT2D eigenvalue weighted by atomic mass is 10.2. The molecule has 3 aromatic heterocycles. The molecule has 0 atom stereocenters. The van der Waals surface area contributed by atoms with Gasteiger partial charge in [0.05, 0.1) is 21.9 Å². The van der Waals surface area contributed by atoms with Crippen LogP contribution in [-0.2, 0) is 5.75 Å². The number of thiophene rings is 2. The summed E-state index contributed by atoms with van der Waals surface area (Å²) in [6.07, 6.45) is 0. The van der Waals surface area contributed by atoms with Crippen LogP contribution in [0.2, 0.25) is 0 Å². The number of nitrogens with zero attached hydrogens (tertiary/aromatic N) is 1. The van der Waals surface area contributed by atoms with Crippen LogP contribution in [0.15, 0.2) is 83.1 Å². The second-order valence-electron chi connectivity index (χ2n) is 7.24. The third-order valence-corrected chi connectivity index (χ3v) is 8.17. The van der Waals surface area contributed by atoms with Gasteiger partial charge < -0.3 is 11.1 Å². The molecular formula is C25H18FN3OS3. The predicted octanol–water partition coefficient (Wildman–Crippen LogP) is 7.29. The number of carbonyl (C=O) groups excluding carboxylic acids is 1.